The zero-order valence-electron chi connectivity index (χ0n) is 18.2. The van der Waals surface area contributed by atoms with E-state index in [-0.39, 0.29) is 18.8 Å². The van der Waals surface area contributed by atoms with E-state index >= 15 is 0 Å². The maximum Gasteiger partial charge on any atom is 0.460 e. The molecule has 0 N–H and O–H groups in total. The summed E-state index contributed by atoms with van der Waals surface area (Å²) < 4.78 is 12.6. The highest BCUT2D eigenvalue weighted by atomic mass is 16.6. The predicted molar refractivity (Wildman–Crippen MR) is 109 cm³/mol. The van der Waals surface area contributed by atoms with Crippen molar-refractivity contribution >= 4 is 13.8 Å². The molecule has 0 radical (unpaired) electrons. The smallest absolute Gasteiger partial charge is 0.408 e. The highest BCUT2D eigenvalue weighted by Gasteiger charge is 2.48. The van der Waals surface area contributed by atoms with Gasteiger partial charge in [-0.2, -0.15) is 0 Å². The second-order valence-electron chi connectivity index (χ2n) is 9.77. The first-order valence-electron chi connectivity index (χ1n) is 10.2. The van der Waals surface area contributed by atoms with Crippen molar-refractivity contribution in [2.75, 3.05) is 0 Å². The Morgan fingerprint density at radius 1 is 0.958 bits per heavy atom. The van der Waals surface area contributed by atoms with Crippen LogP contribution in [0.25, 0.3) is 0 Å². The van der Waals surface area contributed by atoms with Crippen molar-refractivity contribution in [2.45, 2.75) is 118 Å². The molecule has 1 fully saturated rings. The van der Waals surface area contributed by atoms with Gasteiger partial charge in [-0.15, -0.1) is 0 Å². The molecule has 24 heavy (non-hydrogen) atoms. The molecule has 0 aromatic carbocycles. The average molecular weight is 336 g/mol. The molecular weight excluding hydrogens is 294 g/mol. The van der Waals surface area contributed by atoms with Gasteiger partial charge in [-0.3, -0.25) is 0 Å². The van der Waals surface area contributed by atoms with Crippen LogP contribution in [0.2, 0.25) is 23.3 Å². The minimum Gasteiger partial charge on any atom is -0.408 e. The van der Waals surface area contributed by atoms with Crippen LogP contribution in [-0.4, -0.2) is 25.5 Å². The van der Waals surface area contributed by atoms with E-state index in [1.807, 2.05) is 0 Å². The summed E-state index contributed by atoms with van der Waals surface area (Å²) in [4.78, 5) is 0. The SMILES string of the molecule is CC1CC(C)(C(C)C(C)B(C(C)C)C(C)C(C)C)OB(C(C)C)O1. The van der Waals surface area contributed by atoms with Crippen LogP contribution in [-0.2, 0) is 9.31 Å². The molecule has 5 atom stereocenters. The highest BCUT2D eigenvalue weighted by molar-refractivity contribution is 6.63. The summed E-state index contributed by atoms with van der Waals surface area (Å²) in [6.07, 6.45) is 1.26. The fourth-order valence-electron chi connectivity index (χ4n) is 4.80. The molecule has 1 rings (SSSR count). The topological polar surface area (TPSA) is 18.5 Å². The van der Waals surface area contributed by atoms with Gasteiger partial charge in [0.05, 0.1) is 5.60 Å². The first-order valence-corrected chi connectivity index (χ1v) is 10.2. The molecule has 140 valence electrons. The van der Waals surface area contributed by atoms with Gasteiger partial charge in [0.15, 0.2) is 0 Å². The molecule has 0 aromatic heterocycles. The minimum atomic E-state index is -0.101. The Balaban J connectivity index is 3.01. The highest BCUT2D eigenvalue weighted by Crippen LogP contribution is 2.46. The fraction of sp³-hybridized carbons (Fsp3) is 1.00. The number of rotatable bonds is 7. The number of hydrogen-bond donors (Lipinski definition) is 0. The minimum absolute atomic E-state index is 0.0755. The lowest BCUT2D eigenvalue weighted by molar-refractivity contribution is -0.0750. The van der Waals surface area contributed by atoms with Gasteiger partial charge < -0.3 is 9.31 Å². The molecule has 0 bridgehead atoms. The van der Waals surface area contributed by atoms with Gasteiger partial charge in [0.25, 0.3) is 0 Å². The number of hydrogen-bond acceptors (Lipinski definition) is 2. The third-order valence-corrected chi connectivity index (χ3v) is 6.78. The van der Waals surface area contributed by atoms with E-state index < -0.39 is 0 Å². The van der Waals surface area contributed by atoms with E-state index in [0.717, 1.165) is 24.9 Å². The van der Waals surface area contributed by atoms with Crippen molar-refractivity contribution in [2.24, 2.45) is 11.8 Å². The van der Waals surface area contributed by atoms with Crippen LogP contribution in [0.4, 0.5) is 0 Å². The third kappa shape index (κ3) is 5.04. The normalized spacial score (nSPS) is 29.2. The summed E-state index contributed by atoms with van der Waals surface area (Å²) in [5.41, 5.74) is -0.101. The van der Waals surface area contributed by atoms with Crippen LogP contribution in [0, 0.1) is 11.8 Å². The van der Waals surface area contributed by atoms with E-state index in [1.54, 1.807) is 0 Å². The van der Waals surface area contributed by atoms with Crippen molar-refractivity contribution < 1.29 is 9.31 Å². The molecule has 0 aliphatic carbocycles. The molecule has 1 aliphatic heterocycles. The van der Waals surface area contributed by atoms with Gasteiger partial charge >= 0.3 is 7.12 Å². The third-order valence-electron chi connectivity index (χ3n) is 6.78. The maximum atomic E-state index is 6.54. The Labute approximate surface area is 153 Å². The van der Waals surface area contributed by atoms with Crippen molar-refractivity contribution in [3.05, 3.63) is 0 Å². The van der Waals surface area contributed by atoms with Crippen molar-refractivity contribution in [1.82, 2.24) is 0 Å². The standard InChI is InChI=1S/C20H42B2O2/c1-13(2)18(9)21(14(3)4)19(10)17(8)20(11)12-16(7)23-22(24-20)15(5)6/h13-19H,12H2,1-11H3. The molecule has 1 saturated heterocycles. The lowest BCUT2D eigenvalue weighted by atomic mass is 9.25. The summed E-state index contributed by atoms with van der Waals surface area (Å²) in [7, 11) is -0.0755. The lowest BCUT2D eigenvalue weighted by Gasteiger charge is -2.49. The van der Waals surface area contributed by atoms with Crippen LogP contribution >= 0.6 is 0 Å². The van der Waals surface area contributed by atoms with Crippen LogP contribution < -0.4 is 0 Å². The van der Waals surface area contributed by atoms with E-state index in [4.69, 9.17) is 9.31 Å². The van der Waals surface area contributed by atoms with Gasteiger partial charge in [-0.25, -0.2) is 0 Å². The van der Waals surface area contributed by atoms with Crippen LogP contribution in [0.1, 0.15) is 82.6 Å². The van der Waals surface area contributed by atoms with Gasteiger partial charge in [0.1, 0.15) is 6.71 Å². The van der Waals surface area contributed by atoms with Gasteiger partial charge in [-0.05, 0) is 32.0 Å². The first kappa shape index (κ1) is 22.1. The van der Waals surface area contributed by atoms with Gasteiger partial charge in [0.2, 0.25) is 0 Å². The zero-order chi connectivity index (χ0) is 18.8. The molecule has 0 amide bonds. The quantitative estimate of drug-likeness (QED) is 0.498. The van der Waals surface area contributed by atoms with Gasteiger partial charge in [-0.1, -0.05) is 85.7 Å². The van der Waals surface area contributed by atoms with Crippen molar-refractivity contribution in [3.8, 4) is 0 Å². The Hall–Kier alpha value is 0.0499. The summed E-state index contributed by atoms with van der Waals surface area (Å²) in [6, 6.07) is 0. The van der Waals surface area contributed by atoms with E-state index in [2.05, 4.69) is 76.2 Å². The summed E-state index contributed by atoms with van der Waals surface area (Å²) in [6.45, 7) is 26.4. The predicted octanol–water partition coefficient (Wildman–Crippen LogP) is 6.45. The molecule has 5 unspecified atom stereocenters. The summed E-state index contributed by atoms with van der Waals surface area (Å²) in [5, 5.41) is 0. The van der Waals surface area contributed by atoms with E-state index in [9.17, 15) is 0 Å². The Kier molecular flexibility index (Phi) is 7.94. The molecule has 2 nitrogen and oxygen atoms in total. The maximum absolute atomic E-state index is 6.54. The summed E-state index contributed by atoms with van der Waals surface area (Å²) in [5.74, 6) is 3.68. The van der Waals surface area contributed by atoms with Crippen LogP contribution in [0.3, 0.4) is 0 Å². The lowest BCUT2D eigenvalue weighted by Crippen LogP contribution is -2.54. The van der Waals surface area contributed by atoms with Crippen molar-refractivity contribution in [3.63, 3.8) is 0 Å². The summed E-state index contributed by atoms with van der Waals surface area (Å²) >= 11 is 0. The molecule has 4 heteroatoms. The monoisotopic (exact) mass is 336 g/mol. The Bertz CT molecular complexity index is 386. The second-order valence-corrected chi connectivity index (χ2v) is 9.77. The van der Waals surface area contributed by atoms with E-state index in [1.165, 1.54) is 0 Å². The second kappa shape index (κ2) is 8.62. The van der Waals surface area contributed by atoms with Gasteiger partial charge in [0, 0.05) is 6.10 Å². The Morgan fingerprint density at radius 3 is 1.92 bits per heavy atom. The zero-order valence-corrected chi connectivity index (χ0v) is 18.2. The average Bonchev–Trinajstić information content (AvgIpc) is 2.44. The van der Waals surface area contributed by atoms with Crippen LogP contribution in [0.15, 0.2) is 0 Å². The largest absolute Gasteiger partial charge is 0.460 e. The molecule has 1 aliphatic rings. The molecular formula is C20H42B2O2. The van der Waals surface area contributed by atoms with E-state index in [0.29, 0.717) is 23.4 Å². The van der Waals surface area contributed by atoms with Crippen molar-refractivity contribution in [1.29, 1.82) is 0 Å². The Morgan fingerprint density at radius 2 is 1.50 bits per heavy atom. The fourth-order valence-corrected chi connectivity index (χ4v) is 4.80. The molecule has 0 saturated carbocycles. The molecule has 0 aromatic rings. The van der Waals surface area contributed by atoms with Crippen LogP contribution in [0.5, 0.6) is 0 Å². The molecule has 0 spiro atoms. The first-order chi connectivity index (χ1) is 10.9. The molecule has 1 heterocycles.